The number of amides is 1. The highest BCUT2D eigenvalue weighted by atomic mass is 35.5. The maximum Gasteiger partial charge on any atom is 0.416 e. The van der Waals surface area contributed by atoms with Crippen molar-refractivity contribution in [1.82, 2.24) is 10.2 Å². The van der Waals surface area contributed by atoms with Gasteiger partial charge >= 0.3 is 6.18 Å². The predicted octanol–water partition coefficient (Wildman–Crippen LogP) is 2.42. The Kier molecular flexibility index (Phi) is 4.49. The van der Waals surface area contributed by atoms with Gasteiger partial charge < -0.3 is 10.2 Å². The van der Waals surface area contributed by atoms with Crippen LogP contribution in [0.15, 0.2) is 24.3 Å². The summed E-state index contributed by atoms with van der Waals surface area (Å²) in [5, 5.41) is 3.28. The van der Waals surface area contributed by atoms with Crippen molar-refractivity contribution in [2.75, 3.05) is 26.2 Å². The molecule has 0 bridgehead atoms. The second-order valence-corrected chi connectivity index (χ2v) is 5.46. The average molecular weight is 321 g/mol. The van der Waals surface area contributed by atoms with E-state index >= 15 is 0 Å². The summed E-state index contributed by atoms with van der Waals surface area (Å²) in [6, 6.07) is 4.45. The van der Waals surface area contributed by atoms with Crippen LogP contribution in [0.25, 0.3) is 0 Å². The lowest BCUT2D eigenvalue weighted by atomic mass is 10.0. The van der Waals surface area contributed by atoms with Gasteiger partial charge in [0.25, 0.3) is 5.91 Å². The van der Waals surface area contributed by atoms with Gasteiger partial charge in [-0.1, -0.05) is 0 Å². The van der Waals surface area contributed by atoms with Crippen molar-refractivity contribution in [3.8, 4) is 0 Å². The molecule has 2 aliphatic rings. The van der Waals surface area contributed by atoms with Gasteiger partial charge in [0.1, 0.15) is 0 Å². The van der Waals surface area contributed by atoms with Crippen LogP contribution < -0.4 is 5.32 Å². The summed E-state index contributed by atoms with van der Waals surface area (Å²) >= 11 is 0. The Morgan fingerprint density at radius 2 is 1.62 bits per heavy atom. The summed E-state index contributed by atoms with van der Waals surface area (Å²) in [4.78, 5) is 14.0. The van der Waals surface area contributed by atoms with Crippen molar-refractivity contribution < 1.29 is 18.0 Å². The van der Waals surface area contributed by atoms with E-state index in [-0.39, 0.29) is 18.3 Å². The molecule has 0 aliphatic carbocycles. The number of nitrogens with one attached hydrogen (secondary N) is 1. The summed E-state index contributed by atoms with van der Waals surface area (Å²) in [5.41, 5.74) is -0.400. The first kappa shape index (κ1) is 16.1. The maximum atomic E-state index is 12.5. The number of hydrogen-bond acceptors (Lipinski definition) is 2. The Bertz CT molecular complexity index is 506. The average Bonchev–Trinajstić information content (AvgIpc) is 2.97. The van der Waals surface area contributed by atoms with Crippen molar-refractivity contribution >= 4 is 18.3 Å². The van der Waals surface area contributed by atoms with E-state index in [2.05, 4.69) is 5.32 Å². The fourth-order valence-corrected chi connectivity index (χ4v) is 3.01. The van der Waals surface area contributed by atoms with Gasteiger partial charge in [-0.15, -0.1) is 12.4 Å². The second-order valence-electron chi connectivity index (χ2n) is 5.46. The number of likely N-dealkylation sites (tertiary alicyclic amines) is 1. The van der Waals surface area contributed by atoms with Gasteiger partial charge in [-0.05, 0) is 36.1 Å². The molecule has 0 spiro atoms. The lowest BCUT2D eigenvalue weighted by molar-refractivity contribution is -0.137. The molecule has 2 aliphatic heterocycles. The summed E-state index contributed by atoms with van der Waals surface area (Å²) < 4.78 is 37.4. The van der Waals surface area contributed by atoms with Crippen LogP contribution in [0.5, 0.6) is 0 Å². The number of benzene rings is 1. The molecule has 0 saturated carbocycles. The lowest BCUT2D eigenvalue weighted by Crippen LogP contribution is -2.31. The third-order valence-electron chi connectivity index (χ3n) is 4.14. The van der Waals surface area contributed by atoms with Crippen LogP contribution in [-0.4, -0.2) is 37.0 Å². The summed E-state index contributed by atoms with van der Waals surface area (Å²) in [5.74, 6) is 0.787. The monoisotopic (exact) mass is 320 g/mol. The zero-order chi connectivity index (χ0) is 14.3. The molecule has 7 heteroatoms. The highest BCUT2D eigenvalue weighted by Gasteiger charge is 2.38. The number of alkyl halides is 3. The van der Waals surface area contributed by atoms with Gasteiger partial charge in [-0.3, -0.25) is 4.79 Å². The summed E-state index contributed by atoms with van der Waals surface area (Å²) in [7, 11) is 0. The number of halogens is 4. The zero-order valence-electron chi connectivity index (χ0n) is 11.2. The molecule has 2 heterocycles. The number of hydrogen-bond donors (Lipinski definition) is 1. The minimum absolute atomic E-state index is 0. The quantitative estimate of drug-likeness (QED) is 0.862. The van der Waals surface area contributed by atoms with Crippen molar-refractivity contribution in [2.24, 2.45) is 11.8 Å². The molecule has 1 aromatic rings. The van der Waals surface area contributed by atoms with E-state index in [0.717, 1.165) is 25.2 Å². The molecule has 2 atom stereocenters. The number of carbonyl (C=O) groups excluding carboxylic acids is 1. The minimum atomic E-state index is -4.36. The Morgan fingerprint density at radius 3 is 2.10 bits per heavy atom. The Morgan fingerprint density at radius 1 is 1.10 bits per heavy atom. The molecule has 0 aromatic heterocycles. The van der Waals surface area contributed by atoms with Crippen molar-refractivity contribution in [1.29, 1.82) is 0 Å². The fraction of sp³-hybridized carbons (Fsp3) is 0.500. The van der Waals surface area contributed by atoms with Gasteiger partial charge in [0.2, 0.25) is 0 Å². The first-order chi connectivity index (χ1) is 9.45. The molecule has 0 unspecified atom stereocenters. The van der Waals surface area contributed by atoms with Gasteiger partial charge in [0.15, 0.2) is 0 Å². The molecule has 0 radical (unpaired) electrons. The van der Waals surface area contributed by atoms with Gasteiger partial charge in [0.05, 0.1) is 5.56 Å². The molecular weight excluding hydrogens is 305 g/mol. The molecule has 116 valence electrons. The molecular formula is C14H16ClF3N2O. The standard InChI is InChI=1S/C14H15F3N2O.ClH/c15-14(16,17)12-3-1-9(2-4-12)13(20)19-7-10-5-18-6-11(10)8-19;/h1-4,10-11,18H,5-8H2;1H/t10-,11+;. The van der Waals surface area contributed by atoms with E-state index in [1.807, 2.05) is 0 Å². The minimum Gasteiger partial charge on any atom is -0.338 e. The van der Waals surface area contributed by atoms with Gasteiger partial charge in [0, 0.05) is 31.7 Å². The van der Waals surface area contributed by atoms with Crippen LogP contribution in [0.1, 0.15) is 15.9 Å². The van der Waals surface area contributed by atoms with E-state index in [4.69, 9.17) is 0 Å². The summed E-state index contributed by atoms with van der Waals surface area (Å²) in [6.07, 6.45) is -4.36. The SMILES string of the molecule is Cl.O=C(c1ccc(C(F)(F)F)cc1)N1C[C@H]2CNC[C@H]2C1. The van der Waals surface area contributed by atoms with Gasteiger partial charge in [-0.2, -0.15) is 13.2 Å². The number of nitrogens with zero attached hydrogens (tertiary/aromatic N) is 1. The largest absolute Gasteiger partial charge is 0.416 e. The molecule has 3 rings (SSSR count). The first-order valence-corrected chi connectivity index (χ1v) is 6.62. The molecule has 2 saturated heterocycles. The normalized spacial score (nSPS) is 24.6. The van der Waals surface area contributed by atoms with Crippen molar-refractivity contribution in [3.05, 3.63) is 35.4 Å². The van der Waals surface area contributed by atoms with Crippen LogP contribution >= 0.6 is 12.4 Å². The second kappa shape index (κ2) is 5.85. The fourth-order valence-electron chi connectivity index (χ4n) is 3.01. The van der Waals surface area contributed by atoms with E-state index in [1.165, 1.54) is 12.1 Å². The highest BCUT2D eigenvalue weighted by Crippen LogP contribution is 2.30. The van der Waals surface area contributed by atoms with Crippen LogP contribution in [0.4, 0.5) is 13.2 Å². The number of rotatable bonds is 1. The van der Waals surface area contributed by atoms with Crippen LogP contribution in [-0.2, 0) is 6.18 Å². The Balaban J connectivity index is 0.00000161. The maximum absolute atomic E-state index is 12.5. The molecule has 1 N–H and O–H groups in total. The number of carbonyl (C=O) groups is 1. The number of fused-ring (bicyclic) bond motifs is 1. The Hall–Kier alpha value is -1.27. The molecule has 2 fully saturated rings. The smallest absolute Gasteiger partial charge is 0.338 e. The Labute approximate surface area is 126 Å². The summed E-state index contributed by atoms with van der Waals surface area (Å²) in [6.45, 7) is 3.22. The van der Waals surface area contributed by atoms with E-state index < -0.39 is 11.7 Å². The van der Waals surface area contributed by atoms with Gasteiger partial charge in [-0.25, -0.2) is 0 Å². The van der Waals surface area contributed by atoms with Crippen LogP contribution in [0.2, 0.25) is 0 Å². The van der Waals surface area contributed by atoms with Crippen LogP contribution in [0, 0.1) is 11.8 Å². The van der Waals surface area contributed by atoms with E-state index in [0.29, 0.717) is 30.5 Å². The third-order valence-corrected chi connectivity index (χ3v) is 4.14. The zero-order valence-corrected chi connectivity index (χ0v) is 12.0. The highest BCUT2D eigenvalue weighted by molar-refractivity contribution is 5.94. The lowest BCUT2D eigenvalue weighted by Gasteiger charge is -2.18. The van der Waals surface area contributed by atoms with Crippen molar-refractivity contribution in [3.63, 3.8) is 0 Å². The molecule has 1 aromatic carbocycles. The van der Waals surface area contributed by atoms with E-state index in [9.17, 15) is 18.0 Å². The van der Waals surface area contributed by atoms with Crippen LogP contribution in [0.3, 0.4) is 0 Å². The molecule has 21 heavy (non-hydrogen) atoms. The predicted molar refractivity (Wildman–Crippen MR) is 74.4 cm³/mol. The third kappa shape index (κ3) is 3.16. The molecule has 1 amide bonds. The first-order valence-electron chi connectivity index (χ1n) is 6.62. The van der Waals surface area contributed by atoms with Crippen molar-refractivity contribution in [2.45, 2.75) is 6.18 Å². The van der Waals surface area contributed by atoms with E-state index in [1.54, 1.807) is 4.90 Å². The molecule has 3 nitrogen and oxygen atoms in total. The topological polar surface area (TPSA) is 32.3 Å².